The molecule has 0 aliphatic carbocycles. The van der Waals surface area contributed by atoms with Crippen molar-refractivity contribution in [1.29, 1.82) is 0 Å². The summed E-state index contributed by atoms with van der Waals surface area (Å²) in [6.07, 6.45) is 3.32. The van der Waals surface area contributed by atoms with Crippen LogP contribution in [0.1, 0.15) is 34.7 Å². The molecule has 0 aliphatic heterocycles. The molecule has 0 aromatic heterocycles. The van der Waals surface area contributed by atoms with Gasteiger partial charge in [-0.1, -0.05) is 79.2 Å². The van der Waals surface area contributed by atoms with Crippen molar-refractivity contribution in [3.63, 3.8) is 0 Å². The average molecular weight is 314 g/mol. The van der Waals surface area contributed by atoms with Crippen LogP contribution < -0.4 is 0 Å². The minimum atomic E-state index is 1.09. The van der Waals surface area contributed by atoms with Crippen molar-refractivity contribution in [3.05, 3.63) is 94.5 Å². The molecule has 0 heteroatoms. The van der Waals surface area contributed by atoms with Crippen LogP contribution in [0.5, 0.6) is 0 Å². The third-order valence-electron chi connectivity index (χ3n) is 4.81. The number of rotatable bonds is 5. The van der Waals surface area contributed by atoms with E-state index in [1.807, 2.05) is 0 Å². The summed E-state index contributed by atoms with van der Waals surface area (Å²) in [5.41, 5.74) is 9.75. The highest BCUT2D eigenvalue weighted by atomic mass is 14.1. The second-order valence-corrected chi connectivity index (χ2v) is 6.64. The molecule has 3 aromatic carbocycles. The van der Waals surface area contributed by atoms with Crippen molar-refractivity contribution >= 4 is 0 Å². The Bertz CT molecular complexity index is 827. The zero-order chi connectivity index (χ0) is 16.9. The van der Waals surface area contributed by atoms with Crippen LogP contribution in [0.4, 0.5) is 0 Å². The number of hydrogen-bond acceptors (Lipinski definition) is 0. The molecule has 0 saturated heterocycles. The van der Waals surface area contributed by atoms with Crippen LogP contribution in [-0.4, -0.2) is 0 Å². The van der Waals surface area contributed by atoms with Gasteiger partial charge in [0.05, 0.1) is 0 Å². The Hall–Kier alpha value is -2.34. The van der Waals surface area contributed by atoms with Crippen molar-refractivity contribution in [2.45, 2.75) is 40.0 Å². The first-order valence-electron chi connectivity index (χ1n) is 8.90. The Morgan fingerprint density at radius 3 is 2.33 bits per heavy atom. The van der Waals surface area contributed by atoms with Crippen LogP contribution in [0, 0.1) is 13.8 Å². The summed E-state index contributed by atoms with van der Waals surface area (Å²) in [5, 5.41) is 0. The quantitative estimate of drug-likeness (QED) is 0.517. The molecule has 3 rings (SSSR count). The van der Waals surface area contributed by atoms with Gasteiger partial charge >= 0.3 is 0 Å². The minimum Gasteiger partial charge on any atom is -0.0620 e. The van der Waals surface area contributed by atoms with E-state index in [0.29, 0.717) is 0 Å². The lowest BCUT2D eigenvalue weighted by Crippen LogP contribution is -1.97. The molecular formula is C24H26. The van der Waals surface area contributed by atoms with Gasteiger partial charge in [0.1, 0.15) is 0 Å². The maximum Gasteiger partial charge on any atom is -0.0155 e. The SMILES string of the molecule is CCc1cc(C)ccc1CCc1cccc(-c2ccccc2C)c1. The lowest BCUT2D eigenvalue weighted by Gasteiger charge is -2.11. The highest BCUT2D eigenvalue weighted by Crippen LogP contribution is 2.24. The van der Waals surface area contributed by atoms with Crippen molar-refractivity contribution < 1.29 is 0 Å². The van der Waals surface area contributed by atoms with Gasteiger partial charge in [0.15, 0.2) is 0 Å². The maximum absolute atomic E-state index is 2.35. The Balaban J connectivity index is 1.80. The predicted molar refractivity (Wildman–Crippen MR) is 105 cm³/mol. The molecular weight excluding hydrogens is 288 g/mol. The largest absolute Gasteiger partial charge is 0.0620 e. The van der Waals surface area contributed by atoms with Crippen molar-refractivity contribution in [2.24, 2.45) is 0 Å². The van der Waals surface area contributed by atoms with Crippen LogP contribution in [0.3, 0.4) is 0 Å². The van der Waals surface area contributed by atoms with Gasteiger partial charge < -0.3 is 0 Å². The smallest absolute Gasteiger partial charge is 0.0155 e. The molecule has 0 atom stereocenters. The molecule has 0 saturated carbocycles. The normalized spacial score (nSPS) is 10.8. The van der Waals surface area contributed by atoms with E-state index in [1.165, 1.54) is 38.9 Å². The lowest BCUT2D eigenvalue weighted by atomic mass is 9.94. The lowest BCUT2D eigenvalue weighted by molar-refractivity contribution is 0.929. The molecule has 24 heavy (non-hydrogen) atoms. The zero-order valence-electron chi connectivity index (χ0n) is 15.0. The Labute approximate surface area is 146 Å². The molecule has 0 fully saturated rings. The second kappa shape index (κ2) is 7.49. The molecule has 0 spiro atoms. The molecule has 0 unspecified atom stereocenters. The van der Waals surface area contributed by atoms with Gasteiger partial charge in [-0.3, -0.25) is 0 Å². The first kappa shape index (κ1) is 16.5. The van der Waals surface area contributed by atoms with Gasteiger partial charge in [-0.05, 0) is 66.5 Å². The minimum absolute atomic E-state index is 1.09. The fourth-order valence-electron chi connectivity index (χ4n) is 3.40. The Morgan fingerprint density at radius 2 is 1.54 bits per heavy atom. The molecule has 0 radical (unpaired) electrons. The average Bonchev–Trinajstić information content (AvgIpc) is 2.61. The third kappa shape index (κ3) is 3.76. The van der Waals surface area contributed by atoms with Crippen molar-refractivity contribution in [1.82, 2.24) is 0 Å². The zero-order valence-corrected chi connectivity index (χ0v) is 15.0. The Morgan fingerprint density at radius 1 is 0.708 bits per heavy atom. The van der Waals surface area contributed by atoms with Gasteiger partial charge in [0.25, 0.3) is 0 Å². The molecule has 0 nitrogen and oxygen atoms in total. The van der Waals surface area contributed by atoms with E-state index < -0.39 is 0 Å². The number of aryl methyl sites for hydroxylation is 5. The van der Waals surface area contributed by atoms with Gasteiger partial charge in [-0.25, -0.2) is 0 Å². The summed E-state index contributed by atoms with van der Waals surface area (Å²) in [6, 6.07) is 24.5. The van der Waals surface area contributed by atoms with E-state index in [2.05, 4.69) is 87.5 Å². The van der Waals surface area contributed by atoms with E-state index in [-0.39, 0.29) is 0 Å². The third-order valence-corrected chi connectivity index (χ3v) is 4.81. The standard InChI is InChI=1S/C24H26/c1-4-21-16-18(2)12-14-22(21)15-13-20-9-7-10-23(17-20)24-11-6-5-8-19(24)3/h5-12,14,16-17H,4,13,15H2,1-3H3. The van der Waals surface area contributed by atoms with Gasteiger partial charge in [0, 0.05) is 0 Å². The summed E-state index contributed by atoms with van der Waals surface area (Å²) in [5.74, 6) is 0. The van der Waals surface area contributed by atoms with Gasteiger partial charge in [-0.15, -0.1) is 0 Å². The molecule has 122 valence electrons. The fraction of sp³-hybridized carbons (Fsp3) is 0.250. The molecule has 3 aromatic rings. The summed E-state index contributed by atoms with van der Waals surface area (Å²) in [7, 11) is 0. The summed E-state index contributed by atoms with van der Waals surface area (Å²) >= 11 is 0. The van der Waals surface area contributed by atoms with Gasteiger partial charge in [0.2, 0.25) is 0 Å². The topological polar surface area (TPSA) is 0 Å². The van der Waals surface area contributed by atoms with Crippen LogP contribution in [-0.2, 0) is 19.3 Å². The first-order valence-corrected chi connectivity index (χ1v) is 8.90. The predicted octanol–water partition coefficient (Wildman–Crippen LogP) is 6.32. The molecule has 0 bridgehead atoms. The molecule has 0 N–H and O–H groups in total. The van der Waals surface area contributed by atoms with E-state index in [4.69, 9.17) is 0 Å². The van der Waals surface area contributed by atoms with Gasteiger partial charge in [-0.2, -0.15) is 0 Å². The molecule has 0 heterocycles. The van der Waals surface area contributed by atoms with Crippen LogP contribution >= 0.6 is 0 Å². The summed E-state index contributed by atoms with van der Waals surface area (Å²) in [4.78, 5) is 0. The van der Waals surface area contributed by atoms with E-state index in [0.717, 1.165) is 19.3 Å². The van der Waals surface area contributed by atoms with Crippen LogP contribution in [0.25, 0.3) is 11.1 Å². The molecule has 0 aliphatic rings. The highest BCUT2D eigenvalue weighted by Gasteiger charge is 2.05. The number of benzene rings is 3. The summed E-state index contributed by atoms with van der Waals surface area (Å²) < 4.78 is 0. The van der Waals surface area contributed by atoms with E-state index in [9.17, 15) is 0 Å². The van der Waals surface area contributed by atoms with Crippen LogP contribution in [0.15, 0.2) is 66.7 Å². The maximum atomic E-state index is 2.35. The fourth-order valence-corrected chi connectivity index (χ4v) is 3.40. The molecule has 0 amide bonds. The van der Waals surface area contributed by atoms with Crippen LogP contribution in [0.2, 0.25) is 0 Å². The van der Waals surface area contributed by atoms with E-state index in [1.54, 1.807) is 0 Å². The van der Waals surface area contributed by atoms with E-state index >= 15 is 0 Å². The second-order valence-electron chi connectivity index (χ2n) is 6.64. The van der Waals surface area contributed by atoms with Crippen molar-refractivity contribution in [2.75, 3.05) is 0 Å². The first-order chi connectivity index (χ1) is 11.7. The van der Waals surface area contributed by atoms with Crippen molar-refractivity contribution in [3.8, 4) is 11.1 Å². The number of hydrogen-bond donors (Lipinski definition) is 0. The highest BCUT2D eigenvalue weighted by molar-refractivity contribution is 5.67. The monoisotopic (exact) mass is 314 g/mol. The summed E-state index contributed by atoms with van der Waals surface area (Å²) in [6.45, 7) is 6.60. The Kier molecular flexibility index (Phi) is 5.15.